The minimum absolute atomic E-state index is 0.0600. The van der Waals surface area contributed by atoms with Crippen molar-refractivity contribution >= 4 is 28.4 Å². The summed E-state index contributed by atoms with van der Waals surface area (Å²) in [6.45, 7) is 0.411. The fourth-order valence-corrected chi connectivity index (χ4v) is 2.15. The normalized spacial score (nSPS) is 12.1. The van der Waals surface area contributed by atoms with Gasteiger partial charge in [-0.3, -0.25) is 0 Å². The van der Waals surface area contributed by atoms with Crippen LogP contribution in [0, 0.1) is 0 Å². The molecule has 4 nitrogen and oxygen atoms in total. The van der Waals surface area contributed by atoms with Crippen molar-refractivity contribution in [3.8, 4) is 5.75 Å². The van der Waals surface area contributed by atoms with Crippen LogP contribution < -0.4 is 5.32 Å². The Bertz CT molecular complexity index is 601. The molecule has 0 spiro atoms. The molecule has 1 unspecified atom stereocenters. The van der Waals surface area contributed by atoms with Crippen molar-refractivity contribution in [3.05, 3.63) is 53.1 Å². The first kappa shape index (κ1) is 13.9. The Morgan fingerprint density at radius 1 is 1.16 bits per heavy atom. The SMILES string of the molecule is O=S(O)c1ccc(NCc2cccc(Cl)c2O)cc1. The average Bonchev–Trinajstić information content (AvgIpc) is 2.41. The monoisotopic (exact) mass is 297 g/mol. The summed E-state index contributed by atoms with van der Waals surface area (Å²) in [4.78, 5) is 0.344. The molecule has 100 valence electrons. The molecule has 0 fully saturated rings. The second-order valence-electron chi connectivity index (χ2n) is 3.87. The molecule has 0 saturated carbocycles. The second-order valence-corrected chi connectivity index (χ2v) is 5.25. The zero-order valence-corrected chi connectivity index (χ0v) is 11.4. The minimum Gasteiger partial charge on any atom is -0.506 e. The Morgan fingerprint density at radius 3 is 2.47 bits per heavy atom. The number of aromatic hydroxyl groups is 1. The number of nitrogens with one attached hydrogen (secondary N) is 1. The van der Waals surface area contributed by atoms with Gasteiger partial charge in [0.05, 0.1) is 9.92 Å². The molecule has 3 N–H and O–H groups in total. The summed E-state index contributed by atoms with van der Waals surface area (Å²) in [7, 11) is 0. The first-order valence-electron chi connectivity index (χ1n) is 5.49. The number of rotatable bonds is 4. The minimum atomic E-state index is -1.97. The van der Waals surface area contributed by atoms with Crippen LogP contribution in [0.15, 0.2) is 47.4 Å². The Balaban J connectivity index is 2.06. The molecule has 0 aliphatic rings. The zero-order chi connectivity index (χ0) is 13.8. The van der Waals surface area contributed by atoms with Crippen LogP contribution in [0.3, 0.4) is 0 Å². The van der Waals surface area contributed by atoms with E-state index in [9.17, 15) is 9.32 Å². The largest absolute Gasteiger partial charge is 0.506 e. The van der Waals surface area contributed by atoms with Gasteiger partial charge in [-0.25, -0.2) is 4.21 Å². The van der Waals surface area contributed by atoms with E-state index in [0.29, 0.717) is 22.0 Å². The molecule has 0 saturated heterocycles. The first-order valence-corrected chi connectivity index (χ1v) is 6.97. The van der Waals surface area contributed by atoms with Gasteiger partial charge in [-0.15, -0.1) is 0 Å². The molecule has 19 heavy (non-hydrogen) atoms. The van der Waals surface area contributed by atoms with Gasteiger partial charge in [0.2, 0.25) is 0 Å². The highest BCUT2D eigenvalue weighted by Crippen LogP contribution is 2.27. The van der Waals surface area contributed by atoms with Gasteiger partial charge in [-0.2, -0.15) is 0 Å². The molecule has 2 rings (SSSR count). The van der Waals surface area contributed by atoms with Crippen LogP contribution >= 0.6 is 11.6 Å². The average molecular weight is 298 g/mol. The van der Waals surface area contributed by atoms with Crippen molar-refractivity contribution in [1.82, 2.24) is 0 Å². The molecule has 0 aliphatic heterocycles. The maximum Gasteiger partial charge on any atom is 0.186 e. The standard InChI is InChI=1S/C13H12ClNO3S/c14-12-3-1-2-9(13(12)16)8-15-10-4-6-11(7-5-10)19(17)18/h1-7,15-16H,8H2,(H,17,18). The highest BCUT2D eigenvalue weighted by Gasteiger charge is 2.05. The molecular weight excluding hydrogens is 286 g/mol. The van der Waals surface area contributed by atoms with Crippen molar-refractivity contribution in [2.45, 2.75) is 11.4 Å². The van der Waals surface area contributed by atoms with Crippen LogP contribution in [0.1, 0.15) is 5.56 Å². The fourth-order valence-electron chi connectivity index (χ4n) is 1.59. The van der Waals surface area contributed by atoms with E-state index in [1.54, 1.807) is 42.5 Å². The van der Waals surface area contributed by atoms with Gasteiger partial charge in [-0.05, 0) is 30.3 Å². The second kappa shape index (κ2) is 6.06. The van der Waals surface area contributed by atoms with Crippen LogP contribution in [0.5, 0.6) is 5.75 Å². The van der Waals surface area contributed by atoms with Gasteiger partial charge in [0, 0.05) is 17.8 Å². The molecule has 0 heterocycles. The molecule has 2 aromatic carbocycles. The van der Waals surface area contributed by atoms with E-state index >= 15 is 0 Å². The molecule has 0 aromatic heterocycles. The first-order chi connectivity index (χ1) is 9.08. The predicted molar refractivity (Wildman–Crippen MR) is 75.9 cm³/mol. The van der Waals surface area contributed by atoms with Gasteiger partial charge in [-0.1, -0.05) is 23.7 Å². The summed E-state index contributed by atoms with van der Waals surface area (Å²) >= 11 is 3.84. The topological polar surface area (TPSA) is 69.6 Å². The van der Waals surface area contributed by atoms with Gasteiger partial charge in [0.15, 0.2) is 11.1 Å². The van der Waals surface area contributed by atoms with Crippen LogP contribution in [0.25, 0.3) is 0 Å². The Morgan fingerprint density at radius 2 is 1.84 bits per heavy atom. The molecule has 6 heteroatoms. The lowest BCUT2D eigenvalue weighted by Gasteiger charge is -2.09. The molecule has 1 atom stereocenters. The highest BCUT2D eigenvalue weighted by molar-refractivity contribution is 7.79. The van der Waals surface area contributed by atoms with E-state index in [0.717, 1.165) is 5.69 Å². The molecular formula is C13H12ClNO3S. The van der Waals surface area contributed by atoms with Crippen molar-refractivity contribution in [2.75, 3.05) is 5.32 Å². The van der Waals surface area contributed by atoms with Crippen LogP contribution in [0.2, 0.25) is 5.02 Å². The fraction of sp³-hybridized carbons (Fsp3) is 0.0769. The summed E-state index contributed by atoms with van der Waals surface area (Å²) in [5.41, 5.74) is 1.47. The van der Waals surface area contributed by atoms with E-state index in [1.165, 1.54) is 0 Å². The third kappa shape index (κ3) is 3.47. The summed E-state index contributed by atoms with van der Waals surface area (Å²) in [5.74, 6) is 0.0600. The lowest BCUT2D eigenvalue weighted by molar-refractivity contribution is 0.469. The van der Waals surface area contributed by atoms with Gasteiger partial charge in [0.25, 0.3) is 0 Å². The van der Waals surface area contributed by atoms with Gasteiger partial charge in [0.1, 0.15) is 5.75 Å². The number of phenolic OH excluding ortho intramolecular Hbond substituents is 1. The molecule has 0 bridgehead atoms. The van der Waals surface area contributed by atoms with E-state index in [2.05, 4.69) is 5.32 Å². The number of phenols is 1. The van der Waals surface area contributed by atoms with Crippen LogP contribution in [-0.2, 0) is 17.6 Å². The number of para-hydroxylation sites is 1. The Labute approximate surface area is 118 Å². The van der Waals surface area contributed by atoms with Crippen molar-refractivity contribution in [3.63, 3.8) is 0 Å². The summed E-state index contributed by atoms with van der Waals surface area (Å²) in [6, 6.07) is 11.7. The Hall–Kier alpha value is -1.56. The van der Waals surface area contributed by atoms with Crippen molar-refractivity contribution < 1.29 is 13.9 Å². The third-order valence-corrected chi connectivity index (χ3v) is 3.59. The van der Waals surface area contributed by atoms with E-state index < -0.39 is 11.1 Å². The third-order valence-electron chi connectivity index (χ3n) is 2.61. The number of anilines is 1. The van der Waals surface area contributed by atoms with Crippen molar-refractivity contribution in [1.29, 1.82) is 0 Å². The maximum atomic E-state index is 10.8. The number of benzene rings is 2. The summed E-state index contributed by atoms with van der Waals surface area (Å²) in [6.07, 6.45) is 0. The zero-order valence-electron chi connectivity index (χ0n) is 9.84. The van der Waals surface area contributed by atoms with Crippen LogP contribution in [-0.4, -0.2) is 13.9 Å². The Kier molecular flexibility index (Phi) is 4.42. The van der Waals surface area contributed by atoms with E-state index in [4.69, 9.17) is 16.2 Å². The number of halogens is 1. The highest BCUT2D eigenvalue weighted by atomic mass is 35.5. The molecule has 0 amide bonds. The number of hydrogen-bond acceptors (Lipinski definition) is 3. The lowest BCUT2D eigenvalue weighted by Crippen LogP contribution is -2.00. The maximum absolute atomic E-state index is 10.8. The summed E-state index contributed by atoms with van der Waals surface area (Å²) < 4.78 is 19.7. The molecule has 0 radical (unpaired) electrons. The smallest absolute Gasteiger partial charge is 0.186 e. The predicted octanol–water partition coefficient (Wildman–Crippen LogP) is 3.24. The molecule has 2 aromatic rings. The van der Waals surface area contributed by atoms with E-state index in [1.807, 2.05) is 0 Å². The molecule has 0 aliphatic carbocycles. The van der Waals surface area contributed by atoms with Crippen molar-refractivity contribution in [2.24, 2.45) is 0 Å². The van der Waals surface area contributed by atoms with Gasteiger partial charge >= 0.3 is 0 Å². The van der Waals surface area contributed by atoms with E-state index in [-0.39, 0.29) is 5.75 Å². The quantitative estimate of drug-likeness (QED) is 0.758. The number of hydrogen-bond donors (Lipinski definition) is 3. The van der Waals surface area contributed by atoms with Crippen LogP contribution in [0.4, 0.5) is 5.69 Å². The lowest BCUT2D eigenvalue weighted by atomic mass is 10.2. The van der Waals surface area contributed by atoms with Gasteiger partial charge < -0.3 is 15.0 Å². The summed E-state index contributed by atoms with van der Waals surface area (Å²) in [5, 5.41) is 13.2.